The van der Waals surface area contributed by atoms with E-state index in [-0.39, 0.29) is 0 Å². The molecule has 2 rings (SSSR count). The zero-order valence-corrected chi connectivity index (χ0v) is 13.1. The van der Waals surface area contributed by atoms with Crippen LogP contribution < -0.4 is 4.90 Å². The molecule has 1 heterocycles. The number of hydrogen-bond acceptors (Lipinski definition) is 2. The maximum Gasteiger partial charge on any atom is 0.0657 e. The predicted octanol–water partition coefficient (Wildman–Crippen LogP) is 4.10. The molecule has 1 aromatic carbocycles. The molecular weight excluding hydrogens is 256 g/mol. The summed E-state index contributed by atoms with van der Waals surface area (Å²) in [4.78, 5) is 4.41. The van der Waals surface area contributed by atoms with Gasteiger partial charge in [-0.1, -0.05) is 48.6 Å². The maximum absolute atomic E-state index is 2.30. The smallest absolute Gasteiger partial charge is 0.0657 e. The highest BCUT2D eigenvalue weighted by molar-refractivity contribution is 5.56. The second-order valence-electron chi connectivity index (χ2n) is 5.28. The summed E-state index contributed by atoms with van der Waals surface area (Å²) in [7, 11) is 4.11. The van der Waals surface area contributed by atoms with Gasteiger partial charge in [0.25, 0.3) is 0 Å². The van der Waals surface area contributed by atoms with Crippen LogP contribution in [0.25, 0.3) is 6.08 Å². The lowest BCUT2D eigenvalue weighted by atomic mass is 10.1. The van der Waals surface area contributed by atoms with Crippen molar-refractivity contribution in [1.29, 1.82) is 0 Å². The second-order valence-corrected chi connectivity index (χ2v) is 5.28. The monoisotopic (exact) mass is 280 g/mol. The Morgan fingerprint density at radius 1 is 1.10 bits per heavy atom. The first-order valence-electron chi connectivity index (χ1n) is 7.43. The topological polar surface area (TPSA) is 6.48 Å². The lowest BCUT2D eigenvalue weighted by Crippen LogP contribution is -2.28. The van der Waals surface area contributed by atoms with Crippen molar-refractivity contribution >= 4 is 11.8 Å². The third kappa shape index (κ3) is 4.38. The summed E-state index contributed by atoms with van der Waals surface area (Å²) in [6.07, 6.45) is 17.1. The molecule has 1 unspecified atom stereocenters. The summed E-state index contributed by atoms with van der Waals surface area (Å²) in [5.74, 6) is 0. The van der Waals surface area contributed by atoms with Gasteiger partial charge >= 0.3 is 0 Å². The van der Waals surface area contributed by atoms with E-state index in [2.05, 4.69) is 104 Å². The minimum atomic E-state index is 0.362. The van der Waals surface area contributed by atoms with Crippen LogP contribution in [0.15, 0.2) is 66.9 Å². The number of benzene rings is 1. The van der Waals surface area contributed by atoms with Gasteiger partial charge in [-0.05, 0) is 36.9 Å². The summed E-state index contributed by atoms with van der Waals surface area (Å²) < 4.78 is 0. The van der Waals surface area contributed by atoms with Crippen molar-refractivity contribution < 1.29 is 0 Å². The summed E-state index contributed by atoms with van der Waals surface area (Å²) in [6, 6.07) is 8.91. The first kappa shape index (κ1) is 15.2. The Balaban J connectivity index is 1.94. The van der Waals surface area contributed by atoms with E-state index < -0.39 is 0 Å². The van der Waals surface area contributed by atoms with E-state index in [9.17, 15) is 0 Å². The van der Waals surface area contributed by atoms with Gasteiger partial charge in [0, 0.05) is 26.3 Å². The number of nitrogens with zero attached hydrogens (tertiary/aromatic N) is 2. The third-order valence-corrected chi connectivity index (χ3v) is 3.56. The van der Waals surface area contributed by atoms with E-state index in [1.54, 1.807) is 0 Å². The van der Waals surface area contributed by atoms with Crippen LogP contribution in [-0.2, 0) is 0 Å². The molecule has 110 valence electrons. The number of rotatable bonds is 5. The molecule has 0 aliphatic carbocycles. The first-order valence-corrected chi connectivity index (χ1v) is 7.43. The molecule has 0 saturated carbocycles. The molecule has 1 aliphatic rings. The molecule has 0 saturated heterocycles. The average Bonchev–Trinajstić information content (AvgIpc) is 2.52. The fourth-order valence-electron chi connectivity index (χ4n) is 2.27. The molecule has 0 amide bonds. The Kier molecular flexibility index (Phi) is 5.44. The fraction of sp³-hybridized carbons (Fsp3) is 0.263. The lowest BCUT2D eigenvalue weighted by molar-refractivity contribution is 0.376. The van der Waals surface area contributed by atoms with Gasteiger partial charge in [-0.25, -0.2) is 0 Å². The Bertz CT molecular complexity index is 547. The lowest BCUT2D eigenvalue weighted by Gasteiger charge is -2.26. The van der Waals surface area contributed by atoms with Crippen molar-refractivity contribution in [2.75, 3.05) is 25.5 Å². The van der Waals surface area contributed by atoms with Crippen LogP contribution in [0.1, 0.15) is 12.5 Å². The van der Waals surface area contributed by atoms with Crippen LogP contribution in [-0.4, -0.2) is 31.6 Å². The van der Waals surface area contributed by atoms with Crippen LogP contribution in [0.3, 0.4) is 0 Å². The van der Waals surface area contributed by atoms with Gasteiger partial charge in [0.15, 0.2) is 0 Å². The molecular formula is C19H24N2. The summed E-state index contributed by atoms with van der Waals surface area (Å²) in [6.45, 7) is 3.19. The molecule has 1 aromatic rings. The molecule has 2 nitrogen and oxygen atoms in total. The zero-order valence-electron chi connectivity index (χ0n) is 13.1. The van der Waals surface area contributed by atoms with Crippen molar-refractivity contribution in [2.24, 2.45) is 0 Å². The van der Waals surface area contributed by atoms with Crippen LogP contribution in [0, 0.1) is 0 Å². The van der Waals surface area contributed by atoms with Crippen molar-refractivity contribution in [1.82, 2.24) is 4.90 Å². The summed E-state index contributed by atoms with van der Waals surface area (Å²) in [5.41, 5.74) is 2.44. The summed E-state index contributed by atoms with van der Waals surface area (Å²) >= 11 is 0. The van der Waals surface area contributed by atoms with Gasteiger partial charge in [0.05, 0.1) is 6.04 Å². The molecule has 0 fully saturated rings. The Morgan fingerprint density at radius 3 is 2.52 bits per heavy atom. The molecule has 1 atom stereocenters. The first-order chi connectivity index (χ1) is 10.2. The van der Waals surface area contributed by atoms with E-state index in [1.165, 1.54) is 11.3 Å². The Morgan fingerprint density at radius 2 is 1.86 bits per heavy atom. The van der Waals surface area contributed by atoms with E-state index >= 15 is 0 Å². The maximum atomic E-state index is 2.30. The van der Waals surface area contributed by atoms with Gasteiger partial charge in [0.2, 0.25) is 0 Å². The molecule has 0 bridgehead atoms. The molecule has 0 radical (unpaired) electrons. The van der Waals surface area contributed by atoms with Gasteiger partial charge in [-0.2, -0.15) is 0 Å². The largest absolute Gasteiger partial charge is 0.378 e. The quantitative estimate of drug-likeness (QED) is 0.749. The second kappa shape index (κ2) is 7.53. The van der Waals surface area contributed by atoms with E-state index in [4.69, 9.17) is 0 Å². The van der Waals surface area contributed by atoms with E-state index in [0.717, 1.165) is 6.54 Å². The molecule has 0 aromatic heterocycles. The molecule has 0 N–H and O–H groups in total. The van der Waals surface area contributed by atoms with Gasteiger partial charge < -0.3 is 9.80 Å². The van der Waals surface area contributed by atoms with Crippen molar-refractivity contribution in [3.05, 3.63) is 72.5 Å². The van der Waals surface area contributed by atoms with Crippen LogP contribution in [0.4, 0.5) is 5.69 Å². The fourth-order valence-corrected chi connectivity index (χ4v) is 2.27. The SMILES string of the molecule is CCN1C=CC=CC1C=CC=Cc1ccc(N(C)C)cc1. The summed E-state index contributed by atoms with van der Waals surface area (Å²) in [5, 5.41) is 0. The predicted molar refractivity (Wildman–Crippen MR) is 93.4 cm³/mol. The van der Waals surface area contributed by atoms with Crippen molar-refractivity contribution in [3.8, 4) is 0 Å². The van der Waals surface area contributed by atoms with Gasteiger partial charge in [0.1, 0.15) is 0 Å². The zero-order chi connectivity index (χ0) is 15.1. The van der Waals surface area contributed by atoms with E-state index in [1.807, 2.05) is 0 Å². The standard InChI is InChI=1S/C19H24N2/c1-4-21-16-8-7-11-19(21)10-6-5-9-17-12-14-18(15-13-17)20(2)3/h5-16,19H,4H2,1-3H3. The van der Waals surface area contributed by atoms with Crippen molar-refractivity contribution in [3.63, 3.8) is 0 Å². The number of likely N-dealkylation sites (N-methyl/N-ethyl adjacent to an activating group) is 1. The molecule has 0 spiro atoms. The average molecular weight is 280 g/mol. The Hall–Kier alpha value is -2.22. The highest BCUT2D eigenvalue weighted by atomic mass is 15.1. The molecule has 21 heavy (non-hydrogen) atoms. The highest BCUT2D eigenvalue weighted by Gasteiger charge is 2.07. The van der Waals surface area contributed by atoms with Crippen LogP contribution in [0.2, 0.25) is 0 Å². The highest BCUT2D eigenvalue weighted by Crippen LogP contribution is 2.13. The van der Waals surface area contributed by atoms with Crippen molar-refractivity contribution in [2.45, 2.75) is 13.0 Å². The Labute approximate surface area is 128 Å². The molecule has 1 aliphatic heterocycles. The van der Waals surface area contributed by atoms with Crippen LogP contribution in [0.5, 0.6) is 0 Å². The minimum absolute atomic E-state index is 0.362. The normalized spacial score (nSPS) is 18.0. The molecule has 2 heteroatoms. The van der Waals surface area contributed by atoms with Gasteiger partial charge in [-0.3, -0.25) is 0 Å². The van der Waals surface area contributed by atoms with Gasteiger partial charge in [-0.15, -0.1) is 0 Å². The minimum Gasteiger partial charge on any atom is -0.378 e. The number of hydrogen-bond donors (Lipinski definition) is 0. The van der Waals surface area contributed by atoms with Crippen LogP contribution >= 0.6 is 0 Å². The van der Waals surface area contributed by atoms with E-state index in [0.29, 0.717) is 6.04 Å². The third-order valence-electron chi connectivity index (χ3n) is 3.56. The number of anilines is 1. The number of allylic oxidation sites excluding steroid dienone is 4.